The Morgan fingerprint density at radius 3 is 2.81 bits per heavy atom. The number of rotatable bonds is 4. The first-order valence-electron chi connectivity index (χ1n) is 8.91. The normalized spacial score (nSPS) is 20.6. The third kappa shape index (κ3) is 3.15. The molecule has 4 heterocycles. The molecular weight excluding hydrogens is 328 g/mol. The third-order valence-electron chi connectivity index (χ3n) is 4.96. The van der Waals surface area contributed by atoms with E-state index in [1.165, 1.54) is 0 Å². The molecule has 4 rings (SSSR count). The van der Waals surface area contributed by atoms with Crippen LogP contribution < -0.4 is 10.6 Å². The highest BCUT2D eigenvalue weighted by atomic mass is 16.3. The number of fused-ring (bicyclic) bond motifs is 1. The van der Waals surface area contributed by atoms with Gasteiger partial charge in [0.2, 0.25) is 0 Å². The maximum Gasteiger partial charge on any atom is 0.145 e. The smallest absolute Gasteiger partial charge is 0.145 e. The first-order chi connectivity index (χ1) is 12.4. The molecule has 136 valence electrons. The minimum absolute atomic E-state index is 0.350. The van der Waals surface area contributed by atoms with E-state index in [4.69, 9.17) is 4.98 Å². The van der Waals surface area contributed by atoms with Crippen LogP contribution in [0.1, 0.15) is 26.3 Å². The zero-order valence-electron chi connectivity index (χ0n) is 15.3. The molecule has 7 nitrogen and oxygen atoms in total. The van der Waals surface area contributed by atoms with Gasteiger partial charge < -0.3 is 15.7 Å². The summed E-state index contributed by atoms with van der Waals surface area (Å²) in [6.45, 7) is 7.70. The van der Waals surface area contributed by atoms with Gasteiger partial charge in [0.25, 0.3) is 0 Å². The standard InChI is InChI=1S/C19H24N6O/c1-12-6-20-7-14(12)23-17-10-21-8-15(24-17)16-9-22-18-5-4-13(11-25(16)18)19(2,3)26/h4-5,8-12,14,20,26H,6-7H2,1-3H3,(H,23,24)/t12-,14+/m1/s1. The van der Waals surface area contributed by atoms with Gasteiger partial charge in [0.15, 0.2) is 0 Å². The Hall–Kier alpha value is -2.51. The van der Waals surface area contributed by atoms with Crippen molar-refractivity contribution in [1.82, 2.24) is 24.7 Å². The molecule has 0 saturated carbocycles. The number of hydrogen-bond acceptors (Lipinski definition) is 6. The molecule has 26 heavy (non-hydrogen) atoms. The Kier molecular flexibility index (Phi) is 4.13. The second-order valence-corrected chi connectivity index (χ2v) is 7.52. The number of hydrogen-bond donors (Lipinski definition) is 3. The van der Waals surface area contributed by atoms with E-state index >= 15 is 0 Å². The highest BCUT2D eigenvalue weighted by Gasteiger charge is 2.23. The molecule has 0 unspecified atom stereocenters. The molecule has 0 aromatic carbocycles. The maximum absolute atomic E-state index is 10.3. The third-order valence-corrected chi connectivity index (χ3v) is 4.96. The van der Waals surface area contributed by atoms with E-state index in [1.807, 2.05) is 22.7 Å². The predicted octanol–water partition coefficient (Wildman–Crippen LogP) is 2.04. The van der Waals surface area contributed by atoms with Crippen LogP contribution in [0.4, 0.5) is 5.82 Å². The largest absolute Gasteiger partial charge is 0.386 e. The van der Waals surface area contributed by atoms with Gasteiger partial charge in [-0.2, -0.15) is 0 Å². The van der Waals surface area contributed by atoms with E-state index in [9.17, 15) is 5.11 Å². The van der Waals surface area contributed by atoms with E-state index in [0.717, 1.165) is 41.5 Å². The summed E-state index contributed by atoms with van der Waals surface area (Å²) in [5, 5.41) is 17.1. The minimum atomic E-state index is -0.920. The Morgan fingerprint density at radius 1 is 1.23 bits per heavy atom. The Morgan fingerprint density at radius 2 is 2.08 bits per heavy atom. The zero-order valence-corrected chi connectivity index (χ0v) is 15.3. The summed E-state index contributed by atoms with van der Waals surface area (Å²) in [6, 6.07) is 4.14. The van der Waals surface area contributed by atoms with Crippen LogP contribution in [0.3, 0.4) is 0 Å². The molecule has 1 fully saturated rings. The van der Waals surface area contributed by atoms with Crippen molar-refractivity contribution >= 4 is 11.5 Å². The molecule has 7 heteroatoms. The number of pyridine rings is 1. The van der Waals surface area contributed by atoms with Crippen molar-refractivity contribution in [2.75, 3.05) is 18.4 Å². The summed E-state index contributed by atoms with van der Waals surface area (Å²) in [6.07, 6.45) is 7.18. The van der Waals surface area contributed by atoms with Crippen molar-refractivity contribution in [3.05, 3.63) is 42.5 Å². The van der Waals surface area contributed by atoms with Crippen molar-refractivity contribution in [1.29, 1.82) is 0 Å². The molecule has 3 N–H and O–H groups in total. The van der Waals surface area contributed by atoms with Crippen LogP contribution in [0.2, 0.25) is 0 Å². The molecule has 2 atom stereocenters. The molecule has 0 amide bonds. The average Bonchev–Trinajstić information content (AvgIpc) is 3.20. The van der Waals surface area contributed by atoms with Crippen molar-refractivity contribution in [2.45, 2.75) is 32.4 Å². The van der Waals surface area contributed by atoms with Crippen LogP contribution in [0, 0.1) is 5.92 Å². The van der Waals surface area contributed by atoms with Crippen LogP contribution >= 0.6 is 0 Å². The summed E-state index contributed by atoms with van der Waals surface area (Å²) in [4.78, 5) is 13.5. The number of nitrogens with zero attached hydrogens (tertiary/aromatic N) is 4. The predicted molar refractivity (Wildman–Crippen MR) is 101 cm³/mol. The second kappa shape index (κ2) is 6.34. The van der Waals surface area contributed by atoms with Crippen LogP contribution in [0.15, 0.2) is 36.9 Å². The number of anilines is 1. The molecule has 3 aromatic heterocycles. The van der Waals surface area contributed by atoms with Crippen molar-refractivity contribution in [3.8, 4) is 11.4 Å². The Bertz CT molecular complexity index is 929. The summed E-state index contributed by atoms with van der Waals surface area (Å²) < 4.78 is 1.95. The number of imidazole rings is 1. The molecule has 1 aliphatic rings. The molecular formula is C19H24N6O. The van der Waals surface area contributed by atoms with Crippen LogP contribution in [0.25, 0.3) is 17.0 Å². The second-order valence-electron chi connectivity index (χ2n) is 7.52. The minimum Gasteiger partial charge on any atom is -0.386 e. The van der Waals surface area contributed by atoms with E-state index < -0.39 is 5.60 Å². The SMILES string of the molecule is C[C@@H]1CNC[C@@H]1Nc1cncc(-c2cnc3ccc(C(C)(C)O)cn23)n1. The van der Waals surface area contributed by atoms with Gasteiger partial charge in [-0.3, -0.25) is 9.38 Å². The first kappa shape index (κ1) is 16.9. The van der Waals surface area contributed by atoms with Gasteiger partial charge in [-0.15, -0.1) is 0 Å². The first-order valence-corrected chi connectivity index (χ1v) is 8.91. The van der Waals surface area contributed by atoms with Gasteiger partial charge in [0.1, 0.15) is 17.2 Å². The fourth-order valence-electron chi connectivity index (χ4n) is 3.28. The van der Waals surface area contributed by atoms with Gasteiger partial charge in [0, 0.05) is 18.8 Å². The molecule has 0 bridgehead atoms. The van der Waals surface area contributed by atoms with Gasteiger partial charge >= 0.3 is 0 Å². The molecule has 0 radical (unpaired) electrons. The van der Waals surface area contributed by atoms with Gasteiger partial charge in [0.05, 0.1) is 29.9 Å². The summed E-state index contributed by atoms with van der Waals surface area (Å²) in [5.74, 6) is 1.31. The lowest BCUT2D eigenvalue weighted by Gasteiger charge is -2.18. The van der Waals surface area contributed by atoms with Crippen molar-refractivity contribution in [3.63, 3.8) is 0 Å². The highest BCUT2D eigenvalue weighted by molar-refractivity contribution is 5.61. The van der Waals surface area contributed by atoms with Crippen molar-refractivity contribution in [2.24, 2.45) is 5.92 Å². The van der Waals surface area contributed by atoms with Crippen LogP contribution in [0.5, 0.6) is 0 Å². The average molecular weight is 352 g/mol. The van der Waals surface area contributed by atoms with Gasteiger partial charge in [-0.25, -0.2) is 9.97 Å². The number of nitrogens with one attached hydrogen (secondary N) is 2. The number of aromatic nitrogens is 4. The summed E-state index contributed by atoms with van der Waals surface area (Å²) >= 11 is 0. The van der Waals surface area contributed by atoms with E-state index in [-0.39, 0.29) is 0 Å². The molecule has 3 aromatic rings. The fraction of sp³-hybridized carbons (Fsp3) is 0.421. The fourth-order valence-corrected chi connectivity index (χ4v) is 3.28. The lowest BCUT2D eigenvalue weighted by Crippen LogP contribution is -2.27. The highest BCUT2D eigenvalue weighted by Crippen LogP contribution is 2.25. The molecule has 0 aliphatic carbocycles. The molecule has 1 aliphatic heterocycles. The van der Waals surface area contributed by atoms with Gasteiger partial charge in [-0.1, -0.05) is 13.0 Å². The summed E-state index contributed by atoms with van der Waals surface area (Å²) in [5.41, 5.74) is 2.30. The molecule has 0 spiro atoms. The molecule has 1 saturated heterocycles. The maximum atomic E-state index is 10.3. The van der Waals surface area contributed by atoms with E-state index in [0.29, 0.717) is 12.0 Å². The topological polar surface area (TPSA) is 87.4 Å². The zero-order chi connectivity index (χ0) is 18.3. The monoisotopic (exact) mass is 352 g/mol. The lowest BCUT2D eigenvalue weighted by atomic mass is 10.0. The van der Waals surface area contributed by atoms with E-state index in [1.54, 1.807) is 32.4 Å². The number of aliphatic hydroxyl groups is 1. The van der Waals surface area contributed by atoms with Crippen LogP contribution in [-0.4, -0.2) is 43.6 Å². The quantitative estimate of drug-likeness (QED) is 0.666. The van der Waals surface area contributed by atoms with Crippen LogP contribution in [-0.2, 0) is 5.60 Å². The summed E-state index contributed by atoms with van der Waals surface area (Å²) in [7, 11) is 0. The van der Waals surface area contributed by atoms with Crippen molar-refractivity contribution < 1.29 is 5.11 Å². The van der Waals surface area contributed by atoms with E-state index in [2.05, 4.69) is 27.5 Å². The Balaban J connectivity index is 1.70. The Labute approximate surface area is 152 Å². The lowest BCUT2D eigenvalue weighted by molar-refractivity contribution is 0.0782. The van der Waals surface area contributed by atoms with Gasteiger partial charge in [-0.05, 0) is 37.9 Å².